The molecule has 0 aliphatic heterocycles. The topological polar surface area (TPSA) is 92.5 Å². The van der Waals surface area contributed by atoms with Gasteiger partial charge in [-0.2, -0.15) is 13.9 Å². The van der Waals surface area contributed by atoms with Gasteiger partial charge in [0.25, 0.3) is 0 Å². The van der Waals surface area contributed by atoms with Crippen molar-refractivity contribution in [2.75, 3.05) is 11.9 Å². The highest BCUT2D eigenvalue weighted by atomic mass is 35.5. The van der Waals surface area contributed by atoms with Crippen LogP contribution in [0.25, 0.3) is 0 Å². The standard InChI is InChI=1S/C14H12ClF2N5O2/c15-9-5-20-14(21-6-9)23-8-11(22-18)7-19-10-2-1-3-12(4-10)24-13(16)17/h1-7,13,18-19H,8H2/b11-7-,22-18?. The summed E-state index contributed by atoms with van der Waals surface area (Å²) in [4.78, 5) is 7.68. The predicted molar refractivity (Wildman–Crippen MR) is 82.5 cm³/mol. The van der Waals surface area contributed by atoms with Crippen molar-refractivity contribution in [2.45, 2.75) is 6.61 Å². The molecule has 0 spiro atoms. The first-order valence-corrected chi connectivity index (χ1v) is 6.93. The Labute approximate surface area is 140 Å². The normalized spacial score (nSPS) is 11.2. The summed E-state index contributed by atoms with van der Waals surface area (Å²) in [5.41, 5.74) is 7.82. The molecule has 0 atom stereocenters. The first kappa shape index (κ1) is 17.5. The van der Waals surface area contributed by atoms with Gasteiger partial charge in [0.2, 0.25) is 0 Å². The minimum atomic E-state index is -2.90. The Bertz CT molecular complexity index is 713. The third kappa shape index (κ3) is 5.76. The summed E-state index contributed by atoms with van der Waals surface area (Å²) >= 11 is 5.66. The van der Waals surface area contributed by atoms with E-state index in [0.29, 0.717) is 10.7 Å². The number of hydrogen-bond acceptors (Lipinski definition) is 7. The molecule has 2 aromatic rings. The number of nitrogens with one attached hydrogen (secondary N) is 2. The van der Waals surface area contributed by atoms with Gasteiger partial charge in [-0.1, -0.05) is 17.7 Å². The Morgan fingerprint density at radius 2 is 2.12 bits per heavy atom. The van der Waals surface area contributed by atoms with Crippen molar-refractivity contribution in [2.24, 2.45) is 5.11 Å². The van der Waals surface area contributed by atoms with Gasteiger partial charge in [-0.15, -0.1) is 0 Å². The Morgan fingerprint density at radius 3 is 2.79 bits per heavy atom. The summed E-state index contributed by atoms with van der Waals surface area (Å²) in [5.74, 6) is 0.0126. The third-order valence-electron chi connectivity index (χ3n) is 2.55. The van der Waals surface area contributed by atoms with Crippen LogP contribution in [0.4, 0.5) is 14.5 Å². The summed E-state index contributed by atoms with van der Waals surface area (Å²) in [7, 11) is 0. The zero-order valence-electron chi connectivity index (χ0n) is 12.1. The Hall–Kier alpha value is -2.81. The van der Waals surface area contributed by atoms with Crippen molar-refractivity contribution in [3.8, 4) is 11.8 Å². The lowest BCUT2D eigenvalue weighted by Gasteiger charge is -2.07. The lowest BCUT2D eigenvalue weighted by atomic mass is 10.3. The molecule has 0 unspecified atom stereocenters. The second kappa shape index (κ2) is 8.73. The Morgan fingerprint density at radius 1 is 1.38 bits per heavy atom. The molecule has 1 heterocycles. The number of ether oxygens (including phenoxy) is 2. The molecule has 0 radical (unpaired) electrons. The Balaban J connectivity index is 1.95. The smallest absolute Gasteiger partial charge is 0.387 e. The van der Waals surface area contributed by atoms with Crippen molar-refractivity contribution in [1.29, 1.82) is 5.53 Å². The van der Waals surface area contributed by atoms with E-state index in [1.807, 2.05) is 0 Å². The molecular formula is C14H12ClF2N5O2. The summed E-state index contributed by atoms with van der Waals surface area (Å²) in [6.45, 7) is -2.96. The number of alkyl halides is 2. The average Bonchev–Trinajstić information content (AvgIpc) is 2.56. The van der Waals surface area contributed by atoms with Gasteiger partial charge in [0.15, 0.2) is 0 Å². The van der Waals surface area contributed by atoms with Gasteiger partial charge in [0.1, 0.15) is 18.1 Å². The van der Waals surface area contributed by atoms with Crippen LogP contribution in [0, 0.1) is 5.53 Å². The third-order valence-corrected chi connectivity index (χ3v) is 2.75. The lowest BCUT2D eigenvalue weighted by molar-refractivity contribution is -0.0498. The molecule has 0 aliphatic rings. The minimum Gasteiger partial charge on any atom is -0.457 e. The largest absolute Gasteiger partial charge is 0.457 e. The highest BCUT2D eigenvalue weighted by Crippen LogP contribution is 2.19. The fourth-order valence-corrected chi connectivity index (χ4v) is 1.65. The van der Waals surface area contributed by atoms with Gasteiger partial charge in [-0.05, 0) is 12.1 Å². The van der Waals surface area contributed by atoms with Crippen molar-refractivity contribution in [3.05, 3.63) is 53.6 Å². The Kier molecular flexibility index (Phi) is 6.38. The van der Waals surface area contributed by atoms with Crippen LogP contribution in [0.2, 0.25) is 5.02 Å². The van der Waals surface area contributed by atoms with E-state index in [-0.39, 0.29) is 24.1 Å². The molecule has 0 saturated carbocycles. The zero-order valence-corrected chi connectivity index (χ0v) is 12.9. The molecule has 7 nitrogen and oxygen atoms in total. The highest BCUT2D eigenvalue weighted by molar-refractivity contribution is 6.30. The number of hydrogen-bond donors (Lipinski definition) is 2. The molecule has 2 N–H and O–H groups in total. The minimum absolute atomic E-state index is 0.0126. The van der Waals surface area contributed by atoms with Gasteiger partial charge in [-0.25, -0.2) is 15.5 Å². The molecule has 0 fully saturated rings. The number of rotatable bonds is 8. The summed E-state index contributed by atoms with van der Waals surface area (Å²) in [6, 6.07) is 6.05. The summed E-state index contributed by atoms with van der Waals surface area (Å²) in [6.07, 6.45) is 4.14. The van der Waals surface area contributed by atoms with E-state index in [1.54, 1.807) is 12.1 Å². The van der Waals surface area contributed by atoms with Gasteiger partial charge >= 0.3 is 12.6 Å². The molecule has 0 saturated heterocycles. The number of aromatic nitrogens is 2. The van der Waals surface area contributed by atoms with Crippen LogP contribution in [0.15, 0.2) is 53.7 Å². The van der Waals surface area contributed by atoms with Crippen molar-refractivity contribution >= 4 is 17.3 Å². The molecule has 10 heteroatoms. The highest BCUT2D eigenvalue weighted by Gasteiger charge is 2.05. The van der Waals surface area contributed by atoms with E-state index in [1.165, 1.54) is 30.7 Å². The fourth-order valence-electron chi connectivity index (χ4n) is 1.55. The number of anilines is 1. The maximum absolute atomic E-state index is 12.2. The van der Waals surface area contributed by atoms with E-state index in [4.69, 9.17) is 21.9 Å². The van der Waals surface area contributed by atoms with Crippen LogP contribution >= 0.6 is 11.6 Å². The maximum atomic E-state index is 12.2. The first-order valence-electron chi connectivity index (χ1n) is 6.55. The molecule has 0 amide bonds. The van der Waals surface area contributed by atoms with Gasteiger partial charge in [0.05, 0.1) is 17.4 Å². The number of nitrogens with zero attached hydrogens (tertiary/aromatic N) is 3. The molecule has 2 rings (SSSR count). The van der Waals surface area contributed by atoms with Crippen molar-refractivity contribution in [3.63, 3.8) is 0 Å². The van der Waals surface area contributed by atoms with Crippen molar-refractivity contribution in [1.82, 2.24) is 9.97 Å². The molecule has 1 aromatic heterocycles. The average molecular weight is 356 g/mol. The van der Waals surface area contributed by atoms with Gasteiger partial charge in [0, 0.05) is 18.0 Å². The zero-order chi connectivity index (χ0) is 17.4. The van der Waals surface area contributed by atoms with E-state index in [0.717, 1.165) is 0 Å². The van der Waals surface area contributed by atoms with Crippen LogP contribution in [0.5, 0.6) is 11.8 Å². The quantitative estimate of drug-likeness (QED) is 0.695. The van der Waals surface area contributed by atoms with E-state index in [9.17, 15) is 8.78 Å². The van der Waals surface area contributed by atoms with E-state index in [2.05, 4.69) is 25.1 Å². The molecule has 24 heavy (non-hydrogen) atoms. The SMILES string of the molecule is N=N/C(=C\Nc1cccc(OC(F)F)c1)COc1ncc(Cl)cn1. The van der Waals surface area contributed by atoms with E-state index >= 15 is 0 Å². The summed E-state index contributed by atoms with van der Waals surface area (Å²) < 4.78 is 33.9. The molecule has 0 aliphatic carbocycles. The van der Waals surface area contributed by atoms with Crippen LogP contribution in [0.3, 0.4) is 0 Å². The molecule has 1 aromatic carbocycles. The number of benzene rings is 1. The van der Waals surface area contributed by atoms with Crippen LogP contribution in [0.1, 0.15) is 0 Å². The second-order valence-corrected chi connectivity index (χ2v) is 4.71. The fraction of sp³-hybridized carbons (Fsp3) is 0.143. The summed E-state index contributed by atoms with van der Waals surface area (Å²) in [5, 5.41) is 6.48. The predicted octanol–water partition coefficient (Wildman–Crippen LogP) is 4.09. The molecule has 126 valence electrons. The first-order chi connectivity index (χ1) is 11.6. The van der Waals surface area contributed by atoms with Crippen LogP contribution < -0.4 is 14.8 Å². The number of halogens is 3. The van der Waals surface area contributed by atoms with Crippen LogP contribution in [-0.2, 0) is 0 Å². The van der Waals surface area contributed by atoms with Crippen LogP contribution in [-0.4, -0.2) is 23.2 Å². The monoisotopic (exact) mass is 355 g/mol. The van der Waals surface area contributed by atoms with Gasteiger partial charge < -0.3 is 14.8 Å². The van der Waals surface area contributed by atoms with Crippen molar-refractivity contribution < 1.29 is 18.3 Å². The lowest BCUT2D eigenvalue weighted by Crippen LogP contribution is -2.04. The molecule has 0 bridgehead atoms. The molecular weight excluding hydrogens is 344 g/mol. The van der Waals surface area contributed by atoms with Gasteiger partial charge in [-0.3, -0.25) is 0 Å². The second-order valence-electron chi connectivity index (χ2n) is 4.27. The maximum Gasteiger partial charge on any atom is 0.387 e. The van der Waals surface area contributed by atoms with E-state index < -0.39 is 6.61 Å².